The number of carbonyl (C=O) groups excluding carboxylic acids is 3. The molecule has 7 nitrogen and oxygen atoms in total. The summed E-state index contributed by atoms with van der Waals surface area (Å²) in [6, 6.07) is 1.52. The van der Waals surface area contributed by atoms with E-state index in [9.17, 15) is 14.4 Å². The maximum atomic E-state index is 11.8. The molecule has 0 aliphatic carbocycles. The number of carbonyl (C=O) groups is 3. The van der Waals surface area contributed by atoms with Gasteiger partial charge in [0.2, 0.25) is 0 Å². The predicted octanol–water partition coefficient (Wildman–Crippen LogP) is 2.08. The minimum Gasteiger partial charge on any atom is -0.455 e. The zero-order valence-electron chi connectivity index (χ0n) is 14.4. The number of piperidine rings is 1. The van der Waals surface area contributed by atoms with Crippen LogP contribution in [-0.4, -0.2) is 52.5 Å². The summed E-state index contributed by atoms with van der Waals surface area (Å²) in [5, 5.41) is 4.49. The first kappa shape index (κ1) is 20.7. The number of likely N-dealkylation sites (tertiary alicyclic amines) is 1. The average molecular weight is 416 g/mol. The zero-order valence-corrected chi connectivity index (χ0v) is 16.8. The number of nitrogens with two attached hydrogens (primary N) is 1. The number of hydrogen-bond acceptors (Lipinski definition) is 7. The lowest BCUT2D eigenvalue weighted by Crippen LogP contribution is -2.36. The Hall–Kier alpha value is -1.65. The highest BCUT2D eigenvalue weighted by Crippen LogP contribution is 2.22. The number of nitrogens with zero attached hydrogens (tertiary/aromatic N) is 1. The van der Waals surface area contributed by atoms with E-state index in [4.69, 9.17) is 22.7 Å². The minimum absolute atomic E-state index is 0.0592. The van der Waals surface area contributed by atoms with Crippen LogP contribution in [0.5, 0.6) is 0 Å². The average Bonchev–Trinajstić information content (AvgIpc) is 3.06. The topological polar surface area (TPSA) is 102 Å². The van der Waals surface area contributed by atoms with Gasteiger partial charge in [0.25, 0.3) is 11.8 Å². The molecule has 1 fully saturated rings. The van der Waals surface area contributed by atoms with Crippen LogP contribution in [0.4, 0.5) is 5.00 Å². The first-order valence-electron chi connectivity index (χ1n) is 8.11. The maximum Gasteiger partial charge on any atom is 0.316 e. The predicted molar refractivity (Wildman–Crippen MR) is 107 cm³/mol. The third kappa shape index (κ3) is 6.26. The second kappa shape index (κ2) is 9.89. The summed E-state index contributed by atoms with van der Waals surface area (Å²) in [6.07, 6.45) is 2.20. The molecule has 0 unspecified atom stereocenters. The van der Waals surface area contributed by atoms with Gasteiger partial charge in [0, 0.05) is 13.1 Å². The summed E-state index contributed by atoms with van der Waals surface area (Å²) in [4.78, 5) is 36.9. The number of hydrogen-bond donors (Lipinski definition) is 2. The normalized spacial score (nSPS) is 14.7. The van der Waals surface area contributed by atoms with Crippen LogP contribution >= 0.6 is 35.3 Å². The van der Waals surface area contributed by atoms with E-state index in [-0.39, 0.29) is 11.3 Å². The fourth-order valence-electron chi connectivity index (χ4n) is 2.35. The van der Waals surface area contributed by atoms with Crippen LogP contribution in [0.15, 0.2) is 11.4 Å². The summed E-state index contributed by atoms with van der Waals surface area (Å²) in [7, 11) is 0. The van der Waals surface area contributed by atoms with Crippen LogP contribution in [-0.2, 0) is 14.3 Å². The number of nitrogens with one attached hydrogen (secondary N) is 1. The standard InChI is InChI=1S/C16H21N3O4S3/c1-10-2-5-19(6-3-10)16(24)26-9-13(21)23-8-12(20)18-15-11(14(17)22)4-7-25-15/h4,7,10H,2-3,5-6,8-9H2,1H3,(H2,17,22)(H,18,20). The number of rotatable bonds is 6. The zero-order chi connectivity index (χ0) is 19.1. The Morgan fingerprint density at radius 3 is 2.77 bits per heavy atom. The molecule has 1 aliphatic heterocycles. The van der Waals surface area contributed by atoms with Crippen LogP contribution in [0.3, 0.4) is 0 Å². The van der Waals surface area contributed by atoms with Crippen LogP contribution in [0, 0.1) is 5.92 Å². The molecule has 1 saturated heterocycles. The summed E-state index contributed by atoms with van der Waals surface area (Å²) >= 11 is 7.76. The van der Waals surface area contributed by atoms with Crippen LogP contribution in [0.25, 0.3) is 0 Å². The second-order valence-corrected chi connectivity index (χ2v) is 8.49. The summed E-state index contributed by atoms with van der Waals surface area (Å²) in [5.74, 6) is -0.902. The third-order valence-corrected chi connectivity index (χ3v) is 6.23. The molecular weight excluding hydrogens is 394 g/mol. The van der Waals surface area contributed by atoms with Crippen molar-refractivity contribution in [3.05, 3.63) is 17.0 Å². The van der Waals surface area contributed by atoms with E-state index < -0.39 is 24.4 Å². The molecule has 10 heteroatoms. The Kier molecular flexibility index (Phi) is 7.85. The van der Waals surface area contributed by atoms with E-state index in [1.165, 1.54) is 29.2 Å². The Morgan fingerprint density at radius 1 is 1.42 bits per heavy atom. The van der Waals surface area contributed by atoms with Crippen molar-refractivity contribution in [1.82, 2.24) is 4.90 Å². The Morgan fingerprint density at radius 2 is 2.12 bits per heavy atom. The Balaban J connectivity index is 1.68. The molecule has 0 saturated carbocycles. The number of ether oxygens (including phenoxy) is 1. The highest BCUT2D eigenvalue weighted by molar-refractivity contribution is 8.23. The number of primary amides is 1. The molecule has 26 heavy (non-hydrogen) atoms. The van der Waals surface area contributed by atoms with Crippen molar-refractivity contribution in [2.45, 2.75) is 19.8 Å². The lowest BCUT2D eigenvalue weighted by molar-refractivity contribution is -0.144. The van der Waals surface area contributed by atoms with Crippen LogP contribution < -0.4 is 11.1 Å². The smallest absolute Gasteiger partial charge is 0.316 e. The van der Waals surface area contributed by atoms with Gasteiger partial charge in [-0.3, -0.25) is 14.4 Å². The van der Waals surface area contributed by atoms with E-state index in [1.807, 2.05) is 0 Å². The molecule has 3 N–H and O–H groups in total. The fourth-order valence-corrected chi connectivity index (χ4v) is 4.21. The molecule has 1 aromatic rings. The number of thioether (sulfide) groups is 1. The van der Waals surface area contributed by atoms with E-state index in [1.54, 1.807) is 5.38 Å². The van der Waals surface area contributed by atoms with Crippen molar-refractivity contribution in [1.29, 1.82) is 0 Å². The molecule has 2 heterocycles. The van der Waals surface area contributed by atoms with Crippen LogP contribution in [0.2, 0.25) is 0 Å². The van der Waals surface area contributed by atoms with E-state index >= 15 is 0 Å². The van der Waals surface area contributed by atoms with Gasteiger partial charge in [0.1, 0.15) is 9.32 Å². The van der Waals surface area contributed by atoms with Crippen molar-refractivity contribution >= 4 is 62.4 Å². The van der Waals surface area contributed by atoms with E-state index in [2.05, 4.69) is 17.1 Å². The molecular formula is C16H21N3O4S3. The molecule has 2 rings (SSSR count). The van der Waals surface area contributed by atoms with Crippen molar-refractivity contribution in [3.63, 3.8) is 0 Å². The molecule has 0 atom stereocenters. The van der Waals surface area contributed by atoms with Crippen molar-refractivity contribution in [2.75, 3.05) is 30.8 Å². The maximum absolute atomic E-state index is 11.8. The van der Waals surface area contributed by atoms with Gasteiger partial charge in [-0.2, -0.15) is 0 Å². The molecule has 1 aromatic heterocycles. The van der Waals surface area contributed by atoms with Gasteiger partial charge < -0.3 is 20.7 Å². The van der Waals surface area contributed by atoms with Crippen molar-refractivity contribution in [3.8, 4) is 0 Å². The van der Waals surface area contributed by atoms with Crippen LogP contribution in [0.1, 0.15) is 30.1 Å². The lowest BCUT2D eigenvalue weighted by Gasteiger charge is -2.31. The van der Waals surface area contributed by atoms with Gasteiger partial charge in [-0.05, 0) is 30.2 Å². The minimum atomic E-state index is -0.629. The lowest BCUT2D eigenvalue weighted by atomic mass is 10.00. The third-order valence-electron chi connectivity index (χ3n) is 3.90. The molecule has 2 amide bonds. The van der Waals surface area contributed by atoms with Gasteiger partial charge in [-0.25, -0.2) is 0 Å². The number of esters is 1. The van der Waals surface area contributed by atoms with Gasteiger partial charge in [-0.1, -0.05) is 30.9 Å². The highest BCUT2D eigenvalue weighted by Gasteiger charge is 2.19. The molecule has 0 radical (unpaired) electrons. The Labute approximate surface area is 165 Å². The monoisotopic (exact) mass is 415 g/mol. The Bertz CT molecular complexity index is 684. The summed E-state index contributed by atoms with van der Waals surface area (Å²) in [5.41, 5.74) is 5.43. The van der Waals surface area contributed by atoms with E-state index in [0.717, 1.165) is 25.9 Å². The van der Waals surface area contributed by atoms with Gasteiger partial charge in [-0.15, -0.1) is 11.3 Å². The number of amides is 2. The van der Waals surface area contributed by atoms with Crippen molar-refractivity contribution in [2.24, 2.45) is 11.7 Å². The molecule has 0 bridgehead atoms. The number of anilines is 1. The van der Waals surface area contributed by atoms with Gasteiger partial charge >= 0.3 is 5.97 Å². The second-order valence-electron chi connectivity index (χ2n) is 5.96. The highest BCUT2D eigenvalue weighted by atomic mass is 32.2. The first-order valence-corrected chi connectivity index (χ1v) is 10.4. The largest absolute Gasteiger partial charge is 0.455 e. The quantitative estimate of drug-likeness (QED) is 0.542. The number of thiophene rings is 1. The molecule has 1 aliphatic rings. The van der Waals surface area contributed by atoms with E-state index in [0.29, 0.717) is 15.2 Å². The molecule has 0 spiro atoms. The SMILES string of the molecule is CC1CCN(C(=S)SCC(=O)OCC(=O)Nc2sccc2C(N)=O)CC1. The number of thiocarbonyl (C=S) groups is 1. The van der Waals surface area contributed by atoms with Crippen molar-refractivity contribution < 1.29 is 19.1 Å². The fraction of sp³-hybridized carbons (Fsp3) is 0.500. The summed E-state index contributed by atoms with van der Waals surface area (Å²) < 4.78 is 5.63. The van der Waals surface area contributed by atoms with Gasteiger partial charge in [0.05, 0.1) is 11.3 Å². The summed E-state index contributed by atoms with van der Waals surface area (Å²) in [6.45, 7) is 3.61. The molecule has 142 valence electrons. The first-order chi connectivity index (χ1) is 12.4. The van der Waals surface area contributed by atoms with Gasteiger partial charge in [0.15, 0.2) is 6.61 Å². The molecule has 0 aromatic carbocycles.